The molecule has 0 bridgehead atoms. The fourth-order valence-electron chi connectivity index (χ4n) is 8.50. The molecule has 0 unspecified atom stereocenters. The van der Waals surface area contributed by atoms with Gasteiger partial charge in [0.1, 0.15) is 11.3 Å². The fraction of sp³-hybridized carbons (Fsp3) is 0.514. The van der Waals surface area contributed by atoms with E-state index >= 15 is 0 Å². The first-order chi connectivity index (χ1) is 20.9. The Bertz CT molecular complexity index is 1450. The highest BCUT2D eigenvalue weighted by molar-refractivity contribution is 6.30. The van der Waals surface area contributed by atoms with E-state index in [1.807, 2.05) is 30.5 Å². The molecule has 2 aromatic carbocycles. The maximum Gasteiger partial charge on any atom is 0.331 e. The van der Waals surface area contributed by atoms with Crippen LogP contribution in [0.3, 0.4) is 0 Å². The van der Waals surface area contributed by atoms with Gasteiger partial charge in [-0.05, 0) is 123 Å². The lowest BCUT2D eigenvalue weighted by Gasteiger charge is -2.47. The Morgan fingerprint density at radius 1 is 1.12 bits per heavy atom. The number of carbonyl (C=O) groups excluding carboxylic acids is 1. The summed E-state index contributed by atoms with van der Waals surface area (Å²) in [7, 11) is 1.49. The third-order valence-electron chi connectivity index (χ3n) is 10.7. The monoisotopic (exact) mass is 600 g/mol. The van der Waals surface area contributed by atoms with Crippen LogP contribution >= 0.6 is 11.6 Å². The van der Waals surface area contributed by atoms with Crippen LogP contribution in [-0.4, -0.2) is 30.2 Å². The van der Waals surface area contributed by atoms with Crippen molar-refractivity contribution < 1.29 is 14.3 Å². The molecule has 0 radical (unpaired) electrons. The number of benzene rings is 2. The second-order valence-corrected chi connectivity index (χ2v) is 13.7. The number of pyridine rings is 1. The van der Waals surface area contributed by atoms with E-state index in [1.165, 1.54) is 42.3 Å². The van der Waals surface area contributed by atoms with Gasteiger partial charge in [-0.3, -0.25) is 4.98 Å². The number of hydrogen-bond donors (Lipinski definition) is 1. The van der Waals surface area contributed by atoms with Gasteiger partial charge in [0.15, 0.2) is 0 Å². The van der Waals surface area contributed by atoms with Gasteiger partial charge in [0.2, 0.25) is 0 Å². The summed E-state index contributed by atoms with van der Waals surface area (Å²) in [5, 5.41) is 4.21. The molecule has 43 heavy (non-hydrogen) atoms. The molecule has 6 heteroatoms. The van der Waals surface area contributed by atoms with E-state index in [4.69, 9.17) is 26.1 Å². The molecule has 0 saturated heterocycles. The predicted molar refractivity (Wildman–Crippen MR) is 173 cm³/mol. The van der Waals surface area contributed by atoms with Gasteiger partial charge in [-0.2, -0.15) is 0 Å². The third kappa shape index (κ3) is 5.78. The molecule has 1 spiro atoms. The van der Waals surface area contributed by atoms with Crippen molar-refractivity contribution in [3.8, 4) is 5.75 Å². The summed E-state index contributed by atoms with van der Waals surface area (Å²) in [4.78, 5) is 18.0. The molecule has 1 saturated carbocycles. The lowest BCUT2D eigenvalue weighted by molar-refractivity contribution is -0.148. The van der Waals surface area contributed by atoms with E-state index in [0.29, 0.717) is 42.2 Å². The summed E-state index contributed by atoms with van der Waals surface area (Å²) in [5.41, 5.74) is 5.65. The van der Waals surface area contributed by atoms with Crippen LogP contribution in [0.25, 0.3) is 0 Å². The lowest BCUT2D eigenvalue weighted by Crippen LogP contribution is -2.53. The van der Waals surface area contributed by atoms with Gasteiger partial charge in [-0.25, -0.2) is 4.79 Å². The number of ether oxygens (including phenoxy) is 2. The minimum Gasteiger partial charge on any atom is -0.493 e. The van der Waals surface area contributed by atoms with Crippen molar-refractivity contribution in [3.63, 3.8) is 0 Å². The number of anilines is 1. The molecule has 5 nitrogen and oxygen atoms in total. The van der Waals surface area contributed by atoms with Crippen molar-refractivity contribution in [1.82, 2.24) is 4.98 Å². The number of nitrogens with zero attached hydrogens (tertiary/aromatic N) is 1. The maximum atomic E-state index is 13.3. The van der Waals surface area contributed by atoms with Gasteiger partial charge < -0.3 is 14.8 Å². The summed E-state index contributed by atoms with van der Waals surface area (Å²) >= 11 is 6.29. The van der Waals surface area contributed by atoms with Gasteiger partial charge in [0.05, 0.1) is 13.7 Å². The number of esters is 1. The number of rotatable bonds is 9. The number of halogens is 1. The summed E-state index contributed by atoms with van der Waals surface area (Å²) in [6.45, 7) is 5.32. The van der Waals surface area contributed by atoms with Crippen molar-refractivity contribution in [3.05, 3.63) is 88.2 Å². The van der Waals surface area contributed by atoms with Crippen LogP contribution in [0.1, 0.15) is 93.5 Å². The maximum absolute atomic E-state index is 13.3. The molecule has 1 fully saturated rings. The lowest BCUT2D eigenvalue weighted by atomic mass is 9.59. The number of hydrogen-bond acceptors (Lipinski definition) is 5. The van der Waals surface area contributed by atoms with Crippen LogP contribution < -0.4 is 10.1 Å². The Morgan fingerprint density at radius 2 is 1.93 bits per heavy atom. The van der Waals surface area contributed by atoms with Crippen molar-refractivity contribution in [2.24, 2.45) is 11.8 Å². The normalized spacial score (nSPS) is 26.8. The quantitative estimate of drug-likeness (QED) is 0.249. The Labute approximate surface area is 261 Å². The standard InChI is InChI=1S/C37H45ClN2O3/c1-4-26-10-7-14-32-34(26)33(15-20-39-32)43-24-25(2)21-28-22-27-9-5-6-13-31(27)36(28)16-18-37(19-17-36,35(41)42-3)40-30-12-8-11-29(38)23-30/h5-6,8-9,11-13,15,20,23,25-26,28,40H,4,7,10,14,16-19,21-22,24H2,1-3H3/t25-,26+,28+,36?,37?/m1/s1. The molecule has 3 aliphatic rings. The van der Waals surface area contributed by atoms with Crippen molar-refractivity contribution >= 4 is 23.3 Å². The van der Waals surface area contributed by atoms with Crippen molar-refractivity contribution in [1.29, 1.82) is 0 Å². The zero-order chi connectivity index (χ0) is 30.0. The molecule has 6 rings (SSSR count). The van der Waals surface area contributed by atoms with Crippen LogP contribution in [0.4, 0.5) is 5.69 Å². The molecule has 1 aromatic heterocycles. The van der Waals surface area contributed by atoms with Gasteiger partial charge >= 0.3 is 5.97 Å². The van der Waals surface area contributed by atoms with E-state index in [1.54, 1.807) is 0 Å². The van der Waals surface area contributed by atoms with Gasteiger partial charge in [0, 0.05) is 28.2 Å². The first-order valence-electron chi connectivity index (χ1n) is 16.2. The Balaban J connectivity index is 1.20. The SMILES string of the molecule is CC[C@H]1CCCc2nccc(OC[C@H](C)C[C@H]3Cc4ccccc4C34CCC(Nc3cccc(Cl)c3)(C(=O)OC)CC4)c21. The second-order valence-electron chi connectivity index (χ2n) is 13.2. The topological polar surface area (TPSA) is 60.5 Å². The Morgan fingerprint density at radius 3 is 2.70 bits per heavy atom. The number of fused-ring (bicyclic) bond motifs is 3. The number of nitrogens with one attached hydrogen (secondary N) is 1. The van der Waals surface area contributed by atoms with Crippen molar-refractivity contribution in [2.75, 3.05) is 19.0 Å². The molecule has 3 aliphatic carbocycles. The first kappa shape index (κ1) is 30.0. The van der Waals surface area contributed by atoms with Crippen LogP contribution in [0.5, 0.6) is 5.75 Å². The zero-order valence-electron chi connectivity index (χ0n) is 25.8. The molecular weight excluding hydrogens is 556 g/mol. The summed E-state index contributed by atoms with van der Waals surface area (Å²) < 4.78 is 12.0. The summed E-state index contributed by atoms with van der Waals surface area (Å²) in [5.74, 6) is 2.30. The van der Waals surface area contributed by atoms with Crippen molar-refractivity contribution in [2.45, 2.75) is 94.9 Å². The zero-order valence-corrected chi connectivity index (χ0v) is 26.6. The minimum atomic E-state index is -0.766. The number of aromatic nitrogens is 1. The Hall–Kier alpha value is -3.05. The molecule has 3 atom stereocenters. The highest BCUT2D eigenvalue weighted by Gasteiger charge is 2.54. The van der Waals surface area contributed by atoms with E-state index in [0.717, 1.165) is 50.0 Å². The van der Waals surface area contributed by atoms with Crippen LogP contribution in [-0.2, 0) is 27.8 Å². The van der Waals surface area contributed by atoms with Gasteiger partial charge in [-0.15, -0.1) is 0 Å². The van der Waals surface area contributed by atoms with Gasteiger partial charge in [0.25, 0.3) is 0 Å². The number of aryl methyl sites for hydroxylation is 1. The smallest absolute Gasteiger partial charge is 0.331 e. The number of carbonyl (C=O) groups is 1. The van der Waals surface area contributed by atoms with E-state index in [9.17, 15) is 4.79 Å². The molecular formula is C37H45ClN2O3. The highest BCUT2D eigenvalue weighted by Crippen LogP contribution is 2.56. The second kappa shape index (κ2) is 12.5. The molecule has 228 valence electrons. The Kier molecular flexibility index (Phi) is 8.73. The van der Waals surface area contributed by atoms with E-state index in [2.05, 4.69) is 49.5 Å². The summed E-state index contributed by atoms with van der Waals surface area (Å²) in [6.07, 6.45) is 12.0. The minimum absolute atomic E-state index is 0.0432. The third-order valence-corrected chi connectivity index (χ3v) is 10.9. The highest BCUT2D eigenvalue weighted by atomic mass is 35.5. The van der Waals surface area contributed by atoms with Gasteiger partial charge in [-0.1, -0.05) is 55.8 Å². The molecule has 0 amide bonds. The fourth-order valence-corrected chi connectivity index (χ4v) is 8.70. The largest absolute Gasteiger partial charge is 0.493 e. The molecule has 1 heterocycles. The van der Waals surface area contributed by atoms with Crippen LogP contribution in [0, 0.1) is 11.8 Å². The summed E-state index contributed by atoms with van der Waals surface area (Å²) in [6, 6.07) is 18.7. The average Bonchev–Trinajstić information content (AvgIpc) is 3.32. The molecule has 3 aromatic rings. The molecule has 0 aliphatic heterocycles. The predicted octanol–water partition coefficient (Wildman–Crippen LogP) is 8.68. The first-order valence-corrected chi connectivity index (χ1v) is 16.6. The van der Waals surface area contributed by atoms with E-state index < -0.39 is 5.54 Å². The molecule has 1 N–H and O–H groups in total. The average molecular weight is 601 g/mol. The van der Waals surface area contributed by atoms with E-state index in [-0.39, 0.29) is 11.4 Å². The van der Waals surface area contributed by atoms with Crippen LogP contribution in [0.15, 0.2) is 60.8 Å². The van der Waals surface area contributed by atoms with Crippen LogP contribution in [0.2, 0.25) is 5.02 Å². The number of methoxy groups -OCH3 is 1.